The Morgan fingerprint density at radius 3 is 3.07 bits per heavy atom. The molecule has 1 aliphatic rings. The summed E-state index contributed by atoms with van der Waals surface area (Å²) in [5, 5.41) is 8.62. The highest BCUT2D eigenvalue weighted by Crippen LogP contribution is 2.17. The third-order valence-electron chi connectivity index (χ3n) is 2.56. The Bertz CT molecular complexity index is 442. The van der Waals surface area contributed by atoms with E-state index in [1.807, 2.05) is 6.07 Å². The highest BCUT2D eigenvalue weighted by Gasteiger charge is 2.14. The molecule has 1 aliphatic carbocycles. The number of hydrogen-bond donors (Lipinski definition) is 0. The first-order chi connectivity index (χ1) is 6.83. The first kappa shape index (κ1) is 8.95. The third kappa shape index (κ3) is 1.41. The van der Waals surface area contributed by atoms with E-state index in [0.717, 1.165) is 37.1 Å². The summed E-state index contributed by atoms with van der Waals surface area (Å²) < 4.78 is 1.54. The predicted molar refractivity (Wildman–Crippen MR) is 50.8 cm³/mol. The summed E-state index contributed by atoms with van der Waals surface area (Å²) in [6, 6.07) is 2.01. The van der Waals surface area contributed by atoms with E-state index in [2.05, 4.69) is 4.98 Å². The van der Waals surface area contributed by atoms with Crippen molar-refractivity contribution in [1.29, 1.82) is 5.26 Å². The van der Waals surface area contributed by atoms with Crippen molar-refractivity contribution in [1.82, 2.24) is 9.55 Å². The Hall–Kier alpha value is -1.63. The molecule has 4 heteroatoms. The van der Waals surface area contributed by atoms with Crippen LogP contribution in [0.5, 0.6) is 0 Å². The highest BCUT2D eigenvalue weighted by atomic mass is 16.1. The van der Waals surface area contributed by atoms with Crippen LogP contribution in [-0.2, 0) is 19.4 Å². The molecular formula is C10H11N3O. The van der Waals surface area contributed by atoms with E-state index < -0.39 is 0 Å². The quantitative estimate of drug-likeness (QED) is 0.651. The molecule has 0 N–H and O–H groups in total. The van der Waals surface area contributed by atoms with Gasteiger partial charge in [-0.25, -0.2) is 0 Å². The van der Waals surface area contributed by atoms with Gasteiger partial charge in [0.2, 0.25) is 0 Å². The molecule has 0 amide bonds. The molecule has 2 rings (SSSR count). The summed E-state index contributed by atoms with van der Waals surface area (Å²) in [6.45, 7) is 0.143. The van der Waals surface area contributed by atoms with E-state index in [1.165, 1.54) is 6.20 Å². The lowest BCUT2D eigenvalue weighted by Gasteiger charge is -2.17. The molecule has 0 bridgehead atoms. The minimum Gasteiger partial charge on any atom is -0.296 e. The summed E-state index contributed by atoms with van der Waals surface area (Å²) in [4.78, 5) is 15.5. The SMILES string of the molecule is N#CCn1c2c(ncc1=O)CCCC2. The third-order valence-corrected chi connectivity index (χ3v) is 2.56. The van der Waals surface area contributed by atoms with E-state index in [0.29, 0.717) is 0 Å². The maximum atomic E-state index is 11.4. The fraction of sp³-hybridized carbons (Fsp3) is 0.500. The Labute approximate surface area is 81.8 Å². The summed E-state index contributed by atoms with van der Waals surface area (Å²) in [7, 11) is 0. The lowest BCUT2D eigenvalue weighted by Crippen LogP contribution is -2.27. The molecule has 0 aliphatic heterocycles. The second kappa shape index (κ2) is 3.62. The number of fused-ring (bicyclic) bond motifs is 1. The van der Waals surface area contributed by atoms with Crippen molar-refractivity contribution in [2.75, 3.05) is 0 Å². The minimum atomic E-state index is -0.160. The van der Waals surface area contributed by atoms with E-state index in [-0.39, 0.29) is 12.1 Å². The van der Waals surface area contributed by atoms with Crippen molar-refractivity contribution in [3.63, 3.8) is 0 Å². The van der Waals surface area contributed by atoms with Crippen LogP contribution in [0.15, 0.2) is 11.0 Å². The fourth-order valence-corrected chi connectivity index (χ4v) is 1.88. The first-order valence-electron chi connectivity index (χ1n) is 4.77. The zero-order valence-electron chi connectivity index (χ0n) is 7.86. The van der Waals surface area contributed by atoms with Crippen molar-refractivity contribution >= 4 is 0 Å². The normalized spacial score (nSPS) is 14.5. The monoisotopic (exact) mass is 189 g/mol. The average molecular weight is 189 g/mol. The Morgan fingerprint density at radius 2 is 2.29 bits per heavy atom. The molecule has 0 unspecified atom stereocenters. The van der Waals surface area contributed by atoms with Crippen LogP contribution < -0.4 is 5.56 Å². The molecule has 0 saturated carbocycles. The molecule has 0 aromatic carbocycles. The molecule has 0 radical (unpaired) electrons. The summed E-state index contributed by atoms with van der Waals surface area (Å²) >= 11 is 0. The van der Waals surface area contributed by atoms with Crippen molar-refractivity contribution in [3.8, 4) is 6.07 Å². The molecule has 1 aromatic rings. The molecule has 4 nitrogen and oxygen atoms in total. The second-order valence-corrected chi connectivity index (χ2v) is 3.44. The number of aromatic nitrogens is 2. The Kier molecular flexibility index (Phi) is 2.32. The van der Waals surface area contributed by atoms with E-state index in [9.17, 15) is 4.79 Å². The first-order valence-corrected chi connectivity index (χ1v) is 4.77. The van der Waals surface area contributed by atoms with Crippen LogP contribution in [0.4, 0.5) is 0 Å². The average Bonchev–Trinajstić information content (AvgIpc) is 2.23. The lowest BCUT2D eigenvalue weighted by molar-refractivity contribution is 0.590. The lowest BCUT2D eigenvalue weighted by atomic mass is 10.0. The van der Waals surface area contributed by atoms with Gasteiger partial charge in [-0.1, -0.05) is 0 Å². The van der Waals surface area contributed by atoms with Gasteiger partial charge in [0.25, 0.3) is 5.56 Å². The maximum Gasteiger partial charge on any atom is 0.270 e. The number of aryl methyl sites for hydroxylation is 1. The van der Waals surface area contributed by atoms with Crippen LogP contribution in [0.2, 0.25) is 0 Å². The summed E-state index contributed by atoms with van der Waals surface area (Å²) in [5.74, 6) is 0. The van der Waals surface area contributed by atoms with Gasteiger partial charge in [0.15, 0.2) is 0 Å². The van der Waals surface area contributed by atoms with E-state index in [1.54, 1.807) is 4.57 Å². The molecule has 1 aromatic heterocycles. The van der Waals surface area contributed by atoms with Crippen molar-refractivity contribution in [2.24, 2.45) is 0 Å². The van der Waals surface area contributed by atoms with Crippen molar-refractivity contribution in [3.05, 3.63) is 27.9 Å². The Morgan fingerprint density at radius 1 is 1.50 bits per heavy atom. The predicted octanol–water partition coefficient (Wildman–Crippen LogP) is 0.646. The number of nitriles is 1. The van der Waals surface area contributed by atoms with Gasteiger partial charge in [0.05, 0.1) is 18.0 Å². The molecule has 14 heavy (non-hydrogen) atoms. The molecule has 1 heterocycles. The van der Waals surface area contributed by atoms with Crippen LogP contribution in [0.3, 0.4) is 0 Å². The van der Waals surface area contributed by atoms with Crippen LogP contribution in [0.25, 0.3) is 0 Å². The van der Waals surface area contributed by atoms with Crippen LogP contribution >= 0.6 is 0 Å². The topological polar surface area (TPSA) is 58.7 Å². The van der Waals surface area contributed by atoms with Crippen molar-refractivity contribution in [2.45, 2.75) is 32.2 Å². The smallest absolute Gasteiger partial charge is 0.270 e. The van der Waals surface area contributed by atoms with Crippen LogP contribution in [0, 0.1) is 11.3 Å². The molecule has 0 saturated heterocycles. The molecule has 0 spiro atoms. The number of rotatable bonds is 1. The summed E-state index contributed by atoms with van der Waals surface area (Å²) in [5.41, 5.74) is 1.80. The maximum absolute atomic E-state index is 11.4. The van der Waals surface area contributed by atoms with Gasteiger partial charge < -0.3 is 0 Å². The number of hydrogen-bond acceptors (Lipinski definition) is 3. The Balaban J connectivity index is 2.56. The van der Waals surface area contributed by atoms with Gasteiger partial charge in [-0.05, 0) is 25.7 Å². The van der Waals surface area contributed by atoms with Gasteiger partial charge in [0, 0.05) is 5.69 Å². The molecule has 72 valence electrons. The van der Waals surface area contributed by atoms with Gasteiger partial charge in [-0.15, -0.1) is 0 Å². The van der Waals surface area contributed by atoms with Gasteiger partial charge >= 0.3 is 0 Å². The molecule has 0 atom stereocenters. The molecule has 0 fully saturated rings. The second-order valence-electron chi connectivity index (χ2n) is 3.44. The van der Waals surface area contributed by atoms with Gasteiger partial charge in [-0.3, -0.25) is 14.3 Å². The van der Waals surface area contributed by atoms with Gasteiger partial charge in [0.1, 0.15) is 6.54 Å². The largest absolute Gasteiger partial charge is 0.296 e. The zero-order valence-corrected chi connectivity index (χ0v) is 7.86. The number of nitrogens with zero attached hydrogens (tertiary/aromatic N) is 3. The zero-order chi connectivity index (χ0) is 9.97. The van der Waals surface area contributed by atoms with E-state index in [4.69, 9.17) is 5.26 Å². The van der Waals surface area contributed by atoms with E-state index >= 15 is 0 Å². The van der Waals surface area contributed by atoms with Crippen LogP contribution in [0.1, 0.15) is 24.2 Å². The van der Waals surface area contributed by atoms with Crippen LogP contribution in [-0.4, -0.2) is 9.55 Å². The summed E-state index contributed by atoms with van der Waals surface area (Å²) in [6.07, 6.45) is 5.34. The standard InChI is InChI=1S/C10H11N3O/c11-5-6-13-9-4-2-1-3-8(9)12-7-10(13)14/h7H,1-4,6H2. The fourth-order valence-electron chi connectivity index (χ4n) is 1.88. The minimum absolute atomic E-state index is 0.143. The molecular weight excluding hydrogens is 178 g/mol. The highest BCUT2D eigenvalue weighted by molar-refractivity contribution is 5.16. The van der Waals surface area contributed by atoms with Crippen molar-refractivity contribution < 1.29 is 0 Å². The van der Waals surface area contributed by atoms with Gasteiger partial charge in [-0.2, -0.15) is 5.26 Å².